The van der Waals surface area contributed by atoms with Crippen molar-refractivity contribution in [2.75, 3.05) is 13.2 Å². The van der Waals surface area contributed by atoms with E-state index in [9.17, 15) is 18.0 Å². The molecule has 1 heterocycles. The third kappa shape index (κ3) is 4.02. The second-order valence-corrected chi connectivity index (χ2v) is 8.64. The summed E-state index contributed by atoms with van der Waals surface area (Å²) >= 11 is 0. The molecule has 0 radical (unpaired) electrons. The number of nitrogens with one attached hydrogen (secondary N) is 1. The van der Waals surface area contributed by atoms with Crippen molar-refractivity contribution in [1.82, 2.24) is 4.83 Å². The highest BCUT2D eigenvalue weighted by Gasteiger charge is 2.61. The monoisotopic (exact) mass is 410 g/mol. The van der Waals surface area contributed by atoms with Crippen LogP contribution in [0.5, 0.6) is 0 Å². The molecule has 9 nitrogen and oxygen atoms in total. The minimum absolute atomic E-state index is 0.0908. The summed E-state index contributed by atoms with van der Waals surface area (Å²) in [7, 11) is -3.84. The van der Waals surface area contributed by atoms with Gasteiger partial charge in [0.05, 0.1) is 23.1 Å². The minimum Gasteiger partial charge on any atom is -0.463 e. The number of benzene rings is 1. The van der Waals surface area contributed by atoms with Crippen molar-refractivity contribution < 1.29 is 32.2 Å². The average molecular weight is 410 g/mol. The number of sulfonamides is 1. The molecule has 1 saturated carbocycles. The first kappa shape index (κ1) is 20.3. The molecule has 1 aliphatic heterocycles. The number of carbonyl (C=O) groups excluding carboxylic acids is 2. The highest BCUT2D eigenvalue weighted by molar-refractivity contribution is 7.89. The summed E-state index contributed by atoms with van der Waals surface area (Å²) in [6.07, 6.45) is -0.522. The molecule has 3 atom stereocenters. The van der Waals surface area contributed by atoms with Gasteiger partial charge in [-0.05, 0) is 19.1 Å². The Labute approximate surface area is 163 Å². The van der Waals surface area contributed by atoms with E-state index in [4.69, 9.17) is 14.2 Å². The standard InChI is InChI=1S/C18H22N2O7S/c1-11-4-6-14(7-5-11)28(23,24)20-19-16-8-18(10-25-12(2)21)17(27-13(3)22)15(16)9-26-18/h4-7,15,17,20H,8-10H2,1-3H3/t15-,17+,18-/m1/s1. The fraction of sp³-hybridized carbons (Fsp3) is 0.500. The molecular weight excluding hydrogens is 388 g/mol. The first-order valence-corrected chi connectivity index (χ1v) is 10.2. The van der Waals surface area contributed by atoms with Gasteiger partial charge in [0.1, 0.15) is 18.3 Å². The SMILES string of the molecule is CC(=O)OC[C@@]12CC(=NNS(=O)(=O)c3ccc(C)cc3)[C@@H](CO1)[C@@H]2OC(C)=O. The summed E-state index contributed by atoms with van der Waals surface area (Å²) in [5.74, 6) is -1.41. The maximum absolute atomic E-state index is 12.5. The van der Waals surface area contributed by atoms with Crippen LogP contribution in [0.1, 0.15) is 25.8 Å². The predicted octanol–water partition coefficient (Wildman–Crippen LogP) is 0.913. The number of rotatable bonds is 6. The second-order valence-electron chi connectivity index (χ2n) is 6.98. The molecule has 2 aliphatic rings. The molecule has 3 rings (SSSR count). The van der Waals surface area contributed by atoms with Gasteiger partial charge in [-0.1, -0.05) is 17.7 Å². The number of carbonyl (C=O) groups is 2. The van der Waals surface area contributed by atoms with Gasteiger partial charge in [-0.25, -0.2) is 4.83 Å². The Kier molecular flexibility index (Phi) is 5.44. The normalized spacial score (nSPS) is 27.6. The van der Waals surface area contributed by atoms with E-state index in [-0.39, 0.29) is 24.5 Å². The molecule has 0 aromatic heterocycles. The summed E-state index contributed by atoms with van der Waals surface area (Å²) in [5, 5.41) is 4.07. The van der Waals surface area contributed by atoms with Gasteiger partial charge in [0, 0.05) is 20.3 Å². The quantitative estimate of drug-likeness (QED) is 0.547. The number of hydrogen-bond donors (Lipinski definition) is 1. The summed E-state index contributed by atoms with van der Waals surface area (Å²) in [5.41, 5.74) is 0.364. The topological polar surface area (TPSA) is 120 Å². The molecule has 2 fully saturated rings. The Morgan fingerprint density at radius 2 is 1.93 bits per heavy atom. The zero-order valence-electron chi connectivity index (χ0n) is 15.8. The molecule has 0 unspecified atom stereocenters. The van der Waals surface area contributed by atoms with Gasteiger partial charge >= 0.3 is 11.9 Å². The van der Waals surface area contributed by atoms with Crippen molar-refractivity contribution in [3.63, 3.8) is 0 Å². The number of fused-ring (bicyclic) bond motifs is 2. The van der Waals surface area contributed by atoms with Gasteiger partial charge in [-0.2, -0.15) is 13.5 Å². The van der Waals surface area contributed by atoms with Gasteiger partial charge in [0.2, 0.25) is 0 Å². The van der Waals surface area contributed by atoms with Crippen molar-refractivity contribution >= 4 is 27.7 Å². The largest absolute Gasteiger partial charge is 0.463 e. The lowest BCUT2D eigenvalue weighted by Gasteiger charge is -2.29. The molecular formula is C18H22N2O7S. The molecule has 28 heavy (non-hydrogen) atoms. The number of nitrogens with zero attached hydrogens (tertiary/aromatic N) is 1. The molecule has 1 N–H and O–H groups in total. The Morgan fingerprint density at radius 3 is 2.54 bits per heavy atom. The molecule has 2 bridgehead atoms. The lowest BCUT2D eigenvalue weighted by molar-refractivity contribution is -0.166. The molecule has 1 aromatic rings. The van der Waals surface area contributed by atoms with E-state index in [0.717, 1.165) is 5.56 Å². The van der Waals surface area contributed by atoms with E-state index in [1.54, 1.807) is 12.1 Å². The van der Waals surface area contributed by atoms with Gasteiger partial charge in [0.15, 0.2) is 0 Å². The molecule has 1 aliphatic carbocycles. The molecule has 1 saturated heterocycles. The van der Waals surface area contributed by atoms with Crippen LogP contribution in [0, 0.1) is 12.8 Å². The van der Waals surface area contributed by atoms with Crippen molar-refractivity contribution in [3.8, 4) is 0 Å². The van der Waals surface area contributed by atoms with E-state index in [1.807, 2.05) is 6.92 Å². The molecule has 152 valence electrons. The molecule has 0 amide bonds. The van der Waals surface area contributed by atoms with Crippen molar-refractivity contribution in [2.45, 2.75) is 43.8 Å². The summed E-state index contributed by atoms with van der Waals surface area (Å²) in [4.78, 5) is 25.0. The van der Waals surface area contributed by atoms with Crippen LogP contribution in [0.3, 0.4) is 0 Å². The van der Waals surface area contributed by atoms with Crippen LogP contribution in [0.2, 0.25) is 0 Å². The van der Waals surface area contributed by atoms with Crippen molar-refractivity contribution in [1.29, 1.82) is 0 Å². The number of aryl methyl sites for hydroxylation is 1. The second kappa shape index (κ2) is 7.51. The number of hydrazone groups is 1. The lowest BCUT2D eigenvalue weighted by atomic mass is 10.0. The number of esters is 2. The Morgan fingerprint density at radius 1 is 1.25 bits per heavy atom. The van der Waals surface area contributed by atoms with Crippen LogP contribution in [0.15, 0.2) is 34.3 Å². The number of ether oxygens (including phenoxy) is 3. The third-order valence-corrected chi connectivity index (χ3v) is 6.02. The van der Waals surface area contributed by atoms with Crippen LogP contribution < -0.4 is 4.83 Å². The smallest absolute Gasteiger partial charge is 0.303 e. The van der Waals surface area contributed by atoms with E-state index < -0.39 is 39.6 Å². The molecule has 10 heteroatoms. The average Bonchev–Trinajstić information content (AvgIpc) is 3.10. The van der Waals surface area contributed by atoms with Crippen LogP contribution in [0.4, 0.5) is 0 Å². The maximum Gasteiger partial charge on any atom is 0.303 e. The third-order valence-electron chi connectivity index (χ3n) is 4.80. The van der Waals surface area contributed by atoms with Crippen molar-refractivity contribution in [3.05, 3.63) is 29.8 Å². The lowest BCUT2D eigenvalue weighted by Crippen LogP contribution is -2.44. The summed E-state index contributed by atoms with van der Waals surface area (Å²) < 4.78 is 41.1. The Balaban J connectivity index is 1.81. The highest BCUT2D eigenvalue weighted by atomic mass is 32.2. The zero-order valence-corrected chi connectivity index (χ0v) is 16.6. The van der Waals surface area contributed by atoms with Crippen LogP contribution in [-0.2, 0) is 33.8 Å². The predicted molar refractivity (Wildman–Crippen MR) is 97.9 cm³/mol. The first-order chi connectivity index (χ1) is 13.1. The van der Waals surface area contributed by atoms with Gasteiger partial charge in [0.25, 0.3) is 10.0 Å². The van der Waals surface area contributed by atoms with Crippen molar-refractivity contribution in [2.24, 2.45) is 11.0 Å². The number of hydrogen-bond acceptors (Lipinski definition) is 8. The Hall–Kier alpha value is -2.46. The zero-order chi connectivity index (χ0) is 20.5. The van der Waals surface area contributed by atoms with Crippen LogP contribution >= 0.6 is 0 Å². The van der Waals surface area contributed by atoms with E-state index in [0.29, 0.717) is 5.71 Å². The van der Waals surface area contributed by atoms with Gasteiger partial charge < -0.3 is 14.2 Å². The fourth-order valence-electron chi connectivity index (χ4n) is 3.43. The highest BCUT2D eigenvalue weighted by Crippen LogP contribution is 2.45. The van der Waals surface area contributed by atoms with Gasteiger partial charge in [-0.3, -0.25) is 9.59 Å². The van der Waals surface area contributed by atoms with E-state index in [2.05, 4.69) is 9.93 Å². The van der Waals surface area contributed by atoms with E-state index >= 15 is 0 Å². The molecule has 1 aromatic carbocycles. The van der Waals surface area contributed by atoms with E-state index in [1.165, 1.54) is 26.0 Å². The first-order valence-electron chi connectivity index (χ1n) is 8.72. The van der Waals surface area contributed by atoms with Gasteiger partial charge in [-0.15, -0.1) is 0 Å². The Bertz CT molecular complexity index is 910. The van der Waals surface area contributed by atoms with Crippen LogP contribution in [-0.4, -0.2) is 51.0 Å². The fourth-order valence-corrected chi connectivity index (χ4v) is 4.27. The summed E-state index contributed by atoms with van der Waals surface area (Å²) in [6, 6.07) is 6.37. The maximum atomic E-state index is 12.5. The molecule has 0 spiro atoms. The van der Waals surface area contributed by atoms with Crippen LogP contribution in [0.25, 0.3) is 0 Å². The summed E-state index contributed by atoms with van der Waals surface area (Å²) in [6.45, 7) is 4.47. The minimum atomic E-state index is -3.84.